The van der Waals surface area contributed by atoms with Crippen LogP contribution in [0.1, 0.15) is 35.8 Å². The van der Waals surface area contributed by atoms with Gasteiger partial charge in [0.1, 0.15) is 0 Å². The second kappa shape index (κ2) is 22.5. The molecular weight excluding hydrogens is 1030 g/mol. The van der Waals surface area contributed by atoms with E-state index in [0.29, 0.717) is 29.3 Å². The third-order valence-electron chi connectivity index (χ3n) is 17.0. The molecule has 0 aliphatic heterocycles. The van der Waals surface area contributed by atoms with Gasteiger partial charge in [0.05, 0.1) is 16.7 Å². The number of benzene rings is 11. The molecule has 0 radical (unpaired) electrons. The summed E-state index contributed by atoms with van der Waals surface area (Å²) in [4.78, 5) is 16.3. The highest BCUT2D eigenvalue weighted by Gasteiger charge is 2.25. The Hall–Kier alpha value is -10.8. The van der Waals surface area contributed by atoms with E-state index in [9.17, 15) is 0 Å². The first-order chi connectivity index (χ1) is 42.1. The van der Waals surface area contributed by atoms with Crippen LogP contribution >= 0.6 is 0 Å². The smallest absolute Gasteiger partial charge is 0.164 e. The van der Waals surface area contributed by atoms with Crippen LogP contribution in [0, 0.1) is 0 Å². The second-order valence-corrected chi connectivity index (χ2v) is 22.2. The average Bonchev–Trinajstić information content (AvgIpc) is 1.99. The number of hydrogen-bond acceptors (Lipinski definition) is 3. The molecule has 0 N–H and O–H groups in total. The van der Waals surface area contributed by atoms with Crippen molar-refractivity contribution in [1.29, 1.82) is 0 Å². The molecule has 2 heterocycles. The van der Waals surface area contributed by atoms with Gasteiger partial charge < -0.3 is 4.57 Å². The molecule has 402 valence electrons. The minimum absolute atomic E-state index is 0.298. The molecule has 2 aromatic heterocycles. The lowest BCUT2D eigenvalue weighted by Crippen LogP contribution is -2.04. The fourth-order valence-electron chi connectivity index (χ4n) is 12.5. The van der Waals surface area contributed by atoms with Crippen LogP contribution in [0.4, 0.5) is 0 Å². The lowest BCUT2D eigenvalue weighted by atomic mass is 9.89. The Morgan fingerprint density at radius 1 is 0.271 bits per heavy atom. The first-order valence-electron chi connectivity index (χ1n) is 29.4. The standard InChI is InChI=1S/C81H58N4/c1-7-19-55(20-8-1)61-31-39-65(40-32-61)72-53-71(81-83-79(67-43-35-63(36-44-67)57-23-11-3-12-24-57)82-80(84-81)68-45-37-64(38-46-68)58-25-13-4-14-26-58)54-73(66-41-33-62(34-42-66)56-21-9-2-10-22-56)78(72)85-76-49-47-69(59-27-15-5-16-28-59)51-74(76)75-52-70(48-50-77(75)85)60-29-17-6-18-30-60/h1-21,23-25,27-54,56,58H,22,26H2. The van der Waals surface area contributed by atoms with Gasteiger partial charge in [-0.05, 0) is 116 Å². The third kappa shape index (κ3) is 10.1. The van der Waals surface area contributed by atoms with Gasteiger partial charge in [0, 0.05) is 50.4 Å². The minimum Gasteiger partial charge on any atom is -0.308 e. The number of nitrogens with zero attached hydrogens (tertiary/aromatic N) is 4. The molecular formula is C81H58N4. The van der Waals surface area contributed by atoms with Crippen LogP contribution in [-0.4, -0.2) is 19.5 Å². The van der Waals surface area contributed by atoms with Gasteiger partial charge in [0.15, 0.2) is 17.5 Å². The van der Waals surface area contributed by atoms with Crippen LogP contribution in [0.5, 0.6) is 0 Å². The summed E-state index contributed by atoms with van der Waals surface area (Å²) in [6.45, 7) is 0. The normalized spacial score (nSPS) is 14.5. The zero-order valence-electron chi connectivity index (χ0n) is 46.9. The van der Waals surface area contributed by atoms with E-state index in [1.165, 1.54) is 49.7 Å². The highest BCUT2D eigenvalue weighted by atomic mass is 15.0. The highest BCUT2D eigenvalue weighted by molar-refractivity contribution is 6.13. The zero-order chi connectivity index (χ0) is 56.5. The van der Waals surface area contributed by atoms with E-state index in [2.05, 4.69) is 320 Å². The van der Waals surface area contributed by atoms with E-state index in [1.54, 1.807) is 0 Å². The summed E-state index contributed by atoms with van der Waals surface area (Å²) < 4.78 is 2.52. The molecule has 2 atom stereocenters. The van der Waals surface area contributed by atoms with Crippen LogP contribution in [0.15, 0.2) is 316 Å². The topological polar surface area (TPSA) is 43.6 Å². The second-order valence-electron chi connectivity index (χ2n) is 22.2. The molecule has 0 saturated heterocycles. The molecule has 2 aliphatic carbocycles. The van der Waals surface area contributed by atoms with Gasteiger partial charge in [-0.1, -0.05) is 279 Å². The van der Waals surface area contributed by atoms with E-state index in [-0.39, 0.29) is 0 Å². The van der Waals surface area contributed by atoms with E-state index < -0.39 is 0 Å². The van der Waals surface area contributed by atoms with Gasteiger partial charge >= 0.3 is 0 Å². The fourth-order valence-corrected chi connectivity index (χ4v) is 12.5. The van der Waals surface area contributed by atoms with Crippen molar-refractivity contribution >= 4 is 21.8 Å². The lowest BCUT2D eigenvalue weighted by molar-refractivity contribution is 0.854. The third-order valence-corrected chi connectivity index (χ3v) is 17.0. The van der Waals surface area contributed by atoms with Crippen LogP contribution in [0.25, 0.3) is 128 Å². The molecule has 11 aromatic carbocycles. The summed E-state index contributed by atoms with van der Waals surface area (Å²) in [5, 5.41) is 2.35. The minimum atomic E-state index is 0.298. The maximum absolute atomic E-state index is 5.51. The average molecular weight is 1090 g/mol. The Labute approximate surface area is 496 Å². The Bertz CT molecular complexity index is 4590. The summed E-state index contributed by atoms with van der Waals surface area (Å²) in [6.07, 6.45) is 19.6. The Morgan fingerprint density at radius 3 is 0.976 bits per heavy atom. The maximum Gasteiger partial charge on any atom is 0.164 e. The predicted molar refractivity (Wildman–Crippen MR) is 354 cm³/mol. The lowest BCUT2D eigenvalue weighted by Gasteiger charge is -2.22. The number of allylic oxidation sites excluding steroid dienone is 8. The predicted octanol–water partition coefficient (Wildman–Crippen LogP) is 21.2. The molecule has 15 rings (SSSR count). The van der Waals surface area contributed by atoms with Crippen molar-refractivity contribution in [2.24, 2.45) is 0 Å². The molecule has 4 nitrogen and oxygen atoms in total. The van der Waals surface area contributed by atoms with Gasteiger partial charge in [-0.15, -0.1) is 0 Å². The summed E-state index contributed by atoms with van der Waals surface area (Å²) >= 11 is 0. The highest BCUT2D eigenvalue weighted by Crippen LogP contribution is 2.46. The molecule has 0 saturated carbocycles. The van der Waals surface area contributed by atoms with Crippen molar-refractivity contribution in [2.45, 2.75) is 24.7 Å². The monoisotopic (exact) mass is 1090 g/mol. The van der Waals surface area contributed by atoms with Gasteiger partial charge in [0.2, 0.25) is 0 Å². The first kappa shape index (κ1) is 51.1. The maximum atomic E-state index is 5.51. The van der Waals surface area contributed by atoms with Crippen molar-refractivity contribution in [3.8, 4) is 107 Å². The van der Waals surface area contributed by atoms with E-state index in [1.807, 2.05) is 0 Å². The number of hydrogen-bond donors (Lipinski definition) is 0. The summed E-state index contributed by atoms with van der Waals surface area (Å²) in [6, 6.07) is 97.0. The van der Waals surface area contributed by atoms with Gasteiger partial charge in [-0.25, -0.2) is 15.0 Å². The largest absolute Gasteiger partial charge is 0.308 e. The van der Waals surface area contributed by atoms with Gasteiger partial charge in [-0.2, -0.15) is 0 Å². The Balaban J connectivity index is 0.999. The molecule has 0 bridgehead atoms. The first-order valence-corrected chi connectivity index (χ1v) is 29.4. The molecule has 0 amide bonds. The van der Waals surface area contributed by atoms with Crippen molar-refractivity contribution in [3.63, 3.8) is 0 Å². The van der Waals surface area contributed by atoms with Crippen LogP contribution in [-0.2, 0) is 0 Å². The van der Waals surface area contributed by atoms with Gasteiger partial charge in [-0.3, -0.25) is 0 Å². The molecule has 2 aliphatic rings. The van der Waals surface area contributed by atoms with E-state index in [4.69, 9.17) is 15.0 Å². The molecule has 0 fully saturated rings. The van der Waals surface area contributed by atoms with Crippen molar-refractivity contribution in [3.05, 3.63) is 327 Å². The van der Waals surface area contributed by atoms with E-state index >= 15 is 0 Å². The van der Waals surface area contributed by atoms with E-state index in [0.717, 1.165) is 85.2 Å². The Morgan fingerprint density at radius 2 is 0.588 bits per heavy atom. The molecule has 2 unspecified atom stereocenters. The Kier molecular flexibility index (Phi) is 13.5. The summed E-state index contributed by atoms with van der Waals surface area (Å²) in [5.41, 5.74) is 22.1. The molecule has 0 spiro atoms. The van der Waals surface area contributed by atoms with Crippen molar-refractivity contribution < 1.29 is 0 Å². The van der Waals surface area contributed by atoms with Crippen LogP contribution in [0.3, 0.4) is 0 Å². The summed E-state index contributed by atoms with van der Waals surface area (Å²) in [5.74, 6) is 2.42. The molecule has 85 heavy (non-hydrogen) atoms. The van der Waals surface area contributed by atoms with Crippen molar-refractivity contribution in [1.82, 2.24) is 19.5 Å². The van der Waals surface area contributed by atoms with Crippen molar-refractivity contribution in [2.75, 3.05) is 0 Å². The number of aromatic nitrogens is 4. The van der Waals surface area contributed by atoms with Gasteiger partial charge in [0.25, 0.3) is 0 Å². The number of fused-ring (bicyclic) bond motifs is 3. The van der Waals surface area contributed by atoms with Crippen LogP contribution < -0.4 is 0 Å². The summed E-state index contributed by atoms with van der Waals surface area (Å²) in [7, 11) is 0. The fraction of sp³-hybridized carbons (Fsp3) is 0.0494. The SMILES string of the molecule is C1=CCC(c2ccc(-c3nc(-c4ccc(-c5ccccc5)cc4)nc(-c4cc(-c5ccc(-c6ccccc6)cc5)c(-n5c6ccc(-c7ccccc7)cc6c6cc(-c7ccccc7)ccc65)c(-c5ccc(C6C=CC=CC6)cc5)c4)n3)cc2)C=C1. The quantitative estimate of drug-likeness (QED) is 0.122. The molecule has 4 heteroatoms. The molecule has 13 aromatic rings. The number of rotatable bonds is 12. The van der Waals surface area contributed by atoms with Crippen LogP contribution in [0.2, 0.25) is 0 Å². The zero-order valence-corrected chi connectivity index (χ0v) is 46.9.